The van der Waals surface area contributed by atoms with Crippen LogP contribution in [0, 0.1) is 11.8 Å². The Morgan fingerprint density at radius 2 is 1.83 bits per heavy atom. The van der Waals surface area contributed by atoms with E-state index in [1.807, 2.05) is 0 Å². The van der Waals surface area contributed by atoms with Crippen molar-refractivity contribution in [1.82, 2.24) is 5.32 Å². The van der Waals surface area contributed by atoms with Crippen LogP contribution in [0.1, 0.15) is 32.1 Å². The standard InChI is InChI=1S/C19H29N3O6S/c20-13-6-7-16(17(12-13)29(27,28)11-10-23)21-8-3-9-22-18(24)14-4-1-2-5-15(14)19(25)26/h6-7,12,14-15,21,23H,1-5,8-11,20H2,(H,22,24)(H,25,26). The van der Waals surface area contributed by atoms with Crippen LogP contribution in [0.3, 0.4) is 0 Å². The third-order valence-corrected chi connectivity index (χ3v) is 6.82. The molecule has 1 fully saturated rings. The average molecular weight is 428 g/mol. The predicted octanol–water partition coefficient (Wildman–Crippen LogP) is 0.844. The largest absolute Gasteiger partial charge is 0.481 e. The highest BCUT2D eigenvalue weighted by molar-refractivity contribution is 7.91. The highest BCUT2D eigenvalue weighted by atomic mass is 32.2. The summed E-state index contributed by atoms with van der Waals surface area (Å²) in [6.45, 7) is 0.266. The molecule has 2 unspecified atom stereocenters. The highest BCUT2D eigenvalue weighted by Crippen LogP contribution is 2.30. The Bertz CT molecular complexity index is 827. The van der Waals surface area contributed by atoms with E-state index in [2.05, 4.69) is 10.6 Å². The monoisotopic (exact) mass is 427 g/mol. The van der Waals surface area contributed by atoms with E-state index in [1.165, 1.54) is 6.07 Å². The number of hydrogen-bond acceptors (Lipinski definition) is 7. The van der Waals surface area contributed by atoms with Crippen LogP contribution in [0.2, 0.25) is 0 Å². The Balaban J connectivity index is 1.87. The van der Waals surface area contributed by atoms with Crippen molar-refractivity contribution < 1.29 is 28.2 Å². The second-order valence-electron chi connectivity index (χ2n) is 7.21. The number of carbonyl (C=O) groups excluding carboxylic acids is 1. The molecule has 0 heterocycles. The molecule has 10 heteroatoms. The van der Waals surface area contributed by atoms with Gasteiger partial charge in [0.15, 0.2) is 9.84 Å². The number of aliphatic carboxylic acids is 1. The number of nitrogens with one attached hydrogen (secondary N) is 2. The van der Waals surface area contributed by atoms with Crippen LogP contribution < -0.4 is 16.4 Å². The molecule has 0 aliphatic heterocycles. The van der Waals surface area contributed by atoms with Gasteiger partial charge in [0, 0.05) is 18.8 Å². The number of rotatable bonds is 10. The molecule has 6 N–H and O–H groups in total. The van der Waals surface area contributed by atoms with Crippen LogP contribution in [0.25, 0.3) is 0 Å². The first-order valence-electron chi connectivity index (χ1n) is 9.74. The molecule has 0 aromatic heterocycles. The lowest BCUT2D eigenvalue weighted by atomic mass is 9.79. The lowest BCUT2D eigenvalue weighted by Crippen LogP contribution is -2.40. The van der Waals surface area contributed by atoms with E-state index in [0.717, 1.165) is 12.8 Å². The van der Waals surface area contributed by atoms with Gasteiger partial charge in [-0.2, -0.15) is 0 Å². The molecule has 9 nitrogen and oxygen atoms in total. The number of aliphatic hydroxyl groups excluding tert-OH is 1. The van der Waals surface area contributed by atoms with Gasteiger partial charge >= 0.3 is 5.97 Å². The van der Waals surface area contributed by atoms with Crippen molar-refractivity contribution in [3.8, 4) is 0 Å². The Morgan fingerprint density at radius 3 is 2.48 bits per heavy atom. The summed E-state index contributed by atoms with van der Waals surface area (Å²) in [5.41, 5.74) is 6.38. The minimum absolute atomic E-state index is 0.0297. The molecular formula is C19H29N3O6S. The van der Waals surface area contributed by atoms with Crippen molar-refractivity contribution in [2.45, 2.75) is 37.0 Å². The summed E-state index contributed by atoms with van der Waals surface area (Å²) in [6, 6.07) is 4.50. The Hall–Kier alpha value is -2.33. The van der Waals surface area contributed by atoms with Crippen molar-refractivity contribution >= 4 is 33.1 Å². The van der Waals surface area contributed by atoms with Gasteiger partial charge in [-0.1, -0.05) is 12.8 Å². The molecule has 1 amide bonds. The summed E-state index contributed by atoms with van der Waals surface area (Å²) in [5, 5.41) is 24.1. The van der Waals surface area contributed by atoms with Crippen LogP contribution in [0.15, 0.2) is 23.1 Å². The quantitative estimate of drug-likeness (QED) is 0.271. The molecule has 0 spiro atoms. The number of benzene rings is 1. The molecule has 29 heavy (non-hydrogen) atoms. The number of carboxylic acids is 1. The first-order valence-corrected chi connectivity index (χ1v) is 11.4. The third-order valence-electron chi connectivity index (χ3n) is 5.09. The zero-order chi connectivity index (χ0) is 21.4. The molecule has 0 bridgehead atoms. The maximum atomic E-state index is 12.3. The van der Waals surface area contributed by atoms with Crippen molar-refractivity contribution in [2.24, 2.45) is 11.8 Å². The number of amides is 1. The fraction of sp³-hybridized carbons (Fsp3) is 0.579. The average Bonchev–Trinajstić information content (AvgIpc) is 2.68. The molecule has 2 atom stereocenters. The molecule has 1 aromatic carbocycles. The van der Waals surface area contributed by atoms with Gasteiger partial charge in [0.2, 0.25) is 5.91 Å². The molecule has 162 valence electrons. The Labute approximate surface area is 170 Å². The van der Waals surface area contributed by atoms with Crippen molar-refractivity contribution in [3.63, 3.8) is 0 Å². The zero-order valence-corrected chi connectivity index (χ0v) is 17.1. The van der Waals surface area contributed by atoms with Crippen LogP contribution >= 0.6 is 0 Å². The van der Waals surface area contributed by atoms with Gasteiger partial charge in [0.25, 0.3) is 0 Å². The maximum absolute atomic E-state index is 12.3. The van der Waals surface area contributed by atoms with E-state index >= 15 is 0 Å². The fourth-order valence-electron chi connectivity index (χ4n) is 3.57. The topological polar surface area (TPSA) is 159 Å². The number of sulfone groups is 1. The molecule has 1 aliphatic rings. The van der Waals surface area contributed by atoms with E-state index in [4.69, 9.17) is 10.8 Å². The van der Waals surface area contributed by atoms with Gasteiger partial charge in [-0.15, -0.1) is 0 Å². The molecule has 0 radical (unpaired) electrons. The number of carboxylic acid groups (broad SMARTS) is 1. The van der Waals surface area contributed by atoms with Crippen LogP contribution in [0.5, 0.6) is 0 Å². The Kier molecular flexibility index (Phi) is 8.27. The lowest BCUT2D eigenvalue weighted by molar-refractivity contribution is -0.148. The number of carbonyl (C=O) groups is 2. The minimum atomic E-state index is -3.67. The Morgan fingerprint density at radius 1 is 1.14 bits per heavy atom. The summed E-state index contributed by atoms with van der Waals surface area (Å²) in [7, 11) is -3.67. The van der Waals surface area contributed by atoms with E-state index in [0.29, 0.717) is 43.7 Å². The molecule has 1 aromatic rings. The van der Waals surface area contributed by atoms with E-state index in [9.17, 15) is 23.1 Å². The SMILES string of the molecule is Nc1ccc(NCCCNC(=O)C2CCCCC2C(=O)O)c(S(=O)(=O)CCO)c1. The van der Waals surface area contributed by atoms with Gasteiger partial charge in [-0.3, -0.25) is 9.59 Å². The third kappa shape index (κ3) is 6.33. The summed E-state index contributed by atoms with van der Waals surface area (Å²) in [4.78, 5) is 23.7. The van der Waals surface area contributed by atoms with E-state index < -0.39 is 40.0 Å². The minimum Gasteiger partial charge on any atom is -0.481 e. The predicted molar refractivity (Wildman–Crippen MR) is 109 cm³/mol. The fourth-order valence-corrected chi connectivity index (χ4v) is 4.82. The number of hydrogen-bond donors (Lipinski definition) is 5. The van der Waals surface area contributed by atoms with Crippen molar-refractivity contribution in [1.29, 1.82) is 0 Å². The van der Waals surface area contributed by atoms with Crippen molar-refractivity contribution in [3.05, 3.63) is 18.2 Å². The number of anilines is 2. The maximum Gasteiger partial charge on any atom is 0.307 e. The molecule has 2 rings (SSSR count). The molecule has 1 saturated carbocycles. The van der Waals surface area contributed by atoms with Gasteiger partial charge in [-0.05, 0) is 37.5 Å². The van der Waals surface area contributed by atoms with Gasteiger partial charge in [0.05, 0.1) is 34.8 Å². The summed E-state index contributed by atoms with van der Waals surface area (Å²) in [5.74, 6) is -2.69. The van der Waals surface area contributed by atoms with Crippen LogP contribution in [-0.4, -0.2) is 56.0 Å². The van der Waals surface area contributed by atoms with E-state index in [-0.39, 0.29) is 10.8 Å². The molecule has 0 saturated heterocycles. The first-order chi connectivity index (χ1) is 13.8. The van der Waals surface area contributed by atoms with Crippen LogP contribution in [-0.2, 0) is 19.4 Å². The van der Waals surface area contributed by atoms with Crippen molar-refractivity contribution in [2.75, 3.05) is 36.5 Å². The number of aliphatic hydroxyl groups is 1. The first kappa shape index (κ1) is 23.0. The van der Waals surface area contributed by atoms with Gasteiger partial charge in [-0.25, -0.2) is 8.42 Å². The lowest BCUT2D eigenvalue weighted by Gasteiger charge is -2.27. The van der Waals surface area contributed by atoms with Gasteiger partial charge in [0.1, 0.15) is 0 Å². The van der Waals surface area contributed by atoms with Crippen LogP contribution in [0.4, 0.5) is 11.4 Å². The number of nitrogen functional groups attached to an aromatic ring is 1. The molecular weight excluding hydrogens is 398 g/mol. The summed E-state index contributed by atoms with van der Waals surface area (Å²) in [6.07, 6.45) is 3.31. The summed E-state index contributed by atoms with van der Waals surface area (Å²) >= 11 is 0. The molecule has 1 aliphatic carbocycles. The summed E-state index contributed by atoms with van der Waals surface area (Å²) < 4.78 is 24.6. The smallest absolute Gasteiger partial charge is 0.307 e. The highest BCUT2D eigenvalue weighted by Gasteiger charge is 2.35. The van der Waals surface area contributed by atoms with E-state index in [1.54, 1.807) is 12.1 Å². The van der Waals surface area contributed by atoms with Gasteiger partial charge < -0.3 is 26.6 Å². The zero-order valence-electron chi connectivity index (χ0n) is 16.3. The normalized spacial score (nSPS) is 19.5. The number of nitrogens with two attached hydrogens (primary N) is 1. The second-order valence-corrected chi connectivity index (χ2v) is 9.28. The second kappa shape index (κ2) is 10.4.